The van der Waals surface area contributed by atoms with E-state index >= 15 is 0 Å². The zero-order chi connectivity index (χ0) is 10.4. The van der Waals surface area contributed by atoms with Crippen LogP contribution in [0.25, 0.3) is 20.7 Å². The molecule has 0 aliphatic heterocycles. The van der Waals surface area contributed by atoms with Gasteiger partial charge in [-0.3, -0.25) is 4.79 Å². The lowest BCUT2D eigenvalue weighted by Gasteiger charge is -1.98. The van der Waals surface area contributed by atoms with Crippen LogP contribution >= 0.6 is 22.7 Å². The van der Waals surface area contributed by atoms with Gasteiger partial charge in [-0.2, -0.15) is 0 Å². The third-order valence-electron chi connectivity index (χ3n) is 2.19. The van der Waals surface area contributed by atoms with E-state index in [0.29, 0.717) is 0 Å². The van der Waals surface area contributed by atoms with Gasteiger partial charge in [0.05, 0.1) is 11.0 Å². The van der Waals surface area contributed by atoms with Gasteiger partial charge < -0.3 is 0 Å². The highest BCUT2D eigenvalue weighted by molar-refractivity contribution is 7.35. The van der Waals surface area contributed by atoms with Gasteiger partial charge >= 0.3 is 0 Å². The van der Waals surface area contributed by atoms with Crippen LogP contribution in [0.4, 0.5) is 0 Å². The van der Waals surface area contributed by atoms with Crippen molar-refractivity contribution in [2.45, 2.75) is 6.92 Å². The van der Waals surface area contributed by atoms with E-state index in [0.717, 1.165) is 37.6 Å². The van der Waals surface area contributed by atoms with Crippen molar-refractivity contribution in [1.82, 2.24) is 9.97 Å². The molecular weight excluding hydrogens is 228 g/mol. The van der Waals surface area contributed by atoms with Gasteiger partial charge in [0, 0.05) is 0 Å². The average molecular weight is 234 g/mol. The summed E-state index contributed by atoms with van der Waals surface area (Å²) >= 11 is 2.33. The van der Waals surface area contributed by atoms with Crippen molar-refractivity contribution in [3.8, 4) is 0 Å². The standard InChI is InChI=1S/C10H6N2OS2/c1-5-3-2-4-6-7(5)12-9-8(11-6)14-10(13)15-9/h2-4H,1H3. The number of aromatic nitrogens is 2. The molecule has 0 N–H and O–H groups in total. The summed E-state index contributed by atoms with van der Waals surface area (Å²) in [6.07, 6.45) is 0. The second kappa shape index (κ2) is 3.08. The number of para-hydroxylation sites is 1. The van der Waals surface area contributed by atoms with Crippen LogP contribution in [0.15, 0.2) is 23.0 Å². The minimum atomic E-state index is 0.0537. The summed E-state index contributed by atoms with van der Waals surface area (Å²) in [6.45, 7) is 2.00. The summed E-state index contributed by atoms with van der Waals surface area (Å²) in [6, 6.07) is 5.87. The minimum absolute atomic E-state index is 0.0537. The van der Waals surface area contributed by atoms with Crippen LogP contribution in [0, 0.1) is 6.92 Å². The van der Waals surface area contributed by atoms with E-state index in [1.807, 2.05) is 25.1 Å². The molecule has 74 valence electrons. The summed E-state index contributed by atoms with van der Waals surface area (Å²) in [5.74, 6) is 0. The molecule has 0 radical (unpaired) electrons. The van der Waals surface area contributed by atoms with Crippen molar-refractivity contribution in [1.29, 1.82) is 0 Å². The zero-order valence-corrected chi connectivity index (χ0v) is 9.48. The topological polar surface area (TPSA) is 42.9 Å². The monoisotopic (exact) mass is 234 g/mol. The molecule has 0 spiro atoms. The number of hydrogen-bond acceptors (Lipinski definition) is 5. The molecule has 0 bridgehead atoms. The van der Waals surface area contributed by atoms with Crippen molar-refractivity contribution in [2.24, 2.45) is 0 Å². The van der Waals surface area contributed by atoms with Gasteiger partial charge in [0.25, 0.3) is 4.06 Å². The quantitative estimate of drug-likeness (QED) is 0.600. The van der Waals surface area contributed by atoms with E-state index in [2.05, 4.69) is 9.97 Å². The number of benzene rings is 1. The van der Waals surface area contributed by atoms with Gasteiger partial charge in [0.1, 0.15) is 0 Å². The predicted octanol–water partition coefficient (Wildman–Crippen LogP) is 2.57. The molecule has 0 atom stereocenters. The maximum absolute atomic E-state index is 11.2. The van der Waals surface area contributed by atoms with E-state index in [-0.39, 0.29) is 4.06 Å². The molecule has 1 aromatic carbocycles. The molecule has 3 aromatic rings. The SMILES string of the molecule is Cc1cccc2nc3sc(=O)sc3nc12. The Morgan fingerprint density at radius 2 is 1.87 bits per heavy atom. The van der Waals surface area contributed by atoms with E-state index in [4.69, 9.17) is 0 Å². The first-order valence-electron chi connectivity index (χ1n) is 4.41. The second-order valence-corrected chi connectivity index (χ2v) is 5.41. The highest BCUT2D eigenvalue weighted by atomic mass is 32.2. The van der Waals surface area contributed by atoms with Gasteiger partial charge in [-0.25, -0.2) is 9.97 Å². The van der Waals surface area contributed by atoms with Crippen LogP contribution < -0.4 is 4.06 Å². The molecule has 0 saturated heterocycles. The number of rotatable bonds is 0. The van der Waals surface area contributed by atoms with Crippen LogP contribution in [0.5, 0.6) is 0 Å². The van der Waals surface area contributed by atoms with E-state index in [1.54, 1.807) is 0 Å². The summed E-state index contributed by atoms with van der Waals surface area (Å²) < 4.78 is 0.0537. The lowest BCUT2D eigenvalue weighted by atomic mass is 10.2. The van der Waals surface area contributed by atoms with E-state index in [1.165, 1.54) is 11.3 Å². The fourth-order valence-corrected chi connectivity index (χ4v) is 3.25. The first-order valence-corrected chi connectivity index (χ1v) is 6.04. The highest BCUT2D eigenvalue weighted by Crippen LogP contribution is 2.22. The van der Waals surface area contributed by atoms with E-state index < -0.39 is 0 Å². The minimum Gasteiger partial charge on any atom is -0.265 e. The summed E-state index contributed by atoms with van der Waals surface area (Å²) in [5, 5.41) is 0. The Kier molecular flexibility index (Phi) is 1.83. The number of aryl methyl sites for hydroxylation is 1. The predicted molar refractivity (Wildman–Crippen MR) is 63.8 cm³/mol. The maximum Gasteiger partial charge on any atom is 0.291 e. The molecule has 0 unspecified atom stereocenters. The fourth-order valence-electron chi connectivity index (χ4n) is 1.50. The highest BCUT2D eigenvalue weighted by Gasteiger charge is 2.06. The second-order valence-electron chi connectivity index (χ2n) is 3.23. The zero-order valence-electron chi connectivity index (χ0n) is 7.85. The number of fused-ring (bicyclic) bond motifs is 2. The Bertz CT molecular complexity index is 714. The molecule has 2 aromatic heterocycles. The third-order valence-corrected chi connectivity index (χ3v) is 4.11. The Morgan fingerprint density at radius 3 is 2.67 bits per heavy atom. The average Bonchev–Trinajstić information content (AvgIpc) is 2.55. The molecule has 5 heteroatoms. The maximum atomic E-state index is 11.2. The van der Waals surface area contributed by atoms with Crippen LogP contribution in [0.3, 0.4) is 0 Å². The Hall–Kier alpha value is -1.33. The summed E-state index contributed by atoms with van der Waals surface area (Å²) in [7, 11) is 0. The number of hydrogen-bond donors (Lipinski definition) is 0. The molecule has 0 fully saturated rings. The van der Waals surface area contributed by atoms with Crippen molar-refractivity contribution in [2.75, 3.05) is 0 Å². The van der Waals surface area contributed by atoms with Gasteiger partial charge in [-0.1, -0.05) is 34.8 Å². The normalized spacial score (nSPS) is 11.3. The van der Waals surface area contributed by atoms with Crippen LogP contribution in [0.1, 0.15) is 5.56 Å². The van der Waals surface area contributed by atoms with Crippen LogP contribution in [-0.2, 0) is 0 Å². The van der Waals surface area contributed by atoms with Crippen LogP contribution in [-0.4, -0.2) is 9.97 Å². The fraction of sp³-hybridized carbons (Fsp3) is 0.100. The largest absolute Gasteiger partial charge is 0.291 e. The van der Waals surface area contributed by atoms with Crippen molar-refractivity contribution >= 4 is 43.4 Å². The van der Waals surface area contributed by atoms with Gasteiger partial charge in [0.15, 0.2) is 9.66 Å². The molecule has 3 nitrogen and oxygen atoms in total. The molecular formula is C10H6N2OS2. The molecule has 0 aliphatic rings. The van der Waals surface area contributed by atoms with Crippen LogP contribution in [0.2, 0.25) is 0 Å². The smallest absolute Gasteiger partial charge is 0.265 e. The molecule has 0 saturated carbocycles. The van der Waals surface area contributed by atoms with E-state index in [9.17, 15) is 4.79 Å². The lowest BCUT2D eigenvalue weighted by Crippen LogP contribution is -1.85. The first-order chi connectivity index (χ1) is 7.24. The molecule has 15 heavy (non-hydrogen) atoms. The molecule has 2 heterocycles. The van der Waals surface area contributed by atoms with Crippen molar-refractivity contribution in [3.63, 3.8) is 0 Å². The van der Waals surface area contributed by atoms with Crippen molar-refractivity contribution < 1.29 is 0 Å². The third kappa shape index (κ3) is 1.35. The van der Waals surface area contributed by atoms with Gasteiger partial charge in [-0.15, -0.1) is 0 Å². The Morgan fingerprint density at radius 1 is 1.13 bits per heavy atom. The first kappa shape index (κ1) is 8.94. The lowest BCUT2D eigenvalue weighted by molar-refractivity contribution is 1.39. The summed E-state index contributed by atoms with van der Waals surface area (Å²) in [5.41, 5.74) is 2.84. The molecule has 0 aliphatic carbocycles. The van der Waals surface area contributed by atoms with Crippen molar-refractivity contribution in [3.05, 3.63) is 32.6 Å². The molecule has 0 amide bonds. The Balaban J connectivity index is 2.57. The molecule has 3 rings (SSSR count). The summed E-state index contributed by atoms with van der Waals surface area (Å²) in [4.78, 5) is 21.6. The number of nitrogens with zero attached hydrogens (tertiary/aromatic N) is 2. The Labute approximate surface area is 93.1 Å². The van der Waals surface area contributed by atoms with Gasteiger partial charge in [0.2, 0.25) is 0 Å². The van der Waals surface area contributed by atoms with Gasteiger partial charge in [-0.05, 0) is 18.6 Å².